The molecule has 0 radical (unpaired) electrons. The van der Waals surface area contributed by atoms with Crippen LogP contribution in [0.1, 0.15) is 40.0 Å². The quantitative estimate of drug-likeness (QED) is 0.284. The highest BCUT2D eigenvalue weighted by atomic mass is 127. The molecule has 0 aromatic rings. The zero-order chi connectivity index (χ0) is 12.9. The van der Waals surface area contributed by atoms with Crippen LogP contribution in [-0.2, 0) is 4.74 Å². The third-order valence-electron chi connectivity index (χ3n) is 2.28. The highest BCUT2D eigenvalue weighted by Gasteiger charge is 1.97. The molecule has 0 atom stereocenters. The topological polar surface area (TPSA) is 45.7 Å². The molecule has 0 rings (SSSR count). The fraction of sp³-hybridized carbons (Fsp3) is 0.923. The number of hydrogen-bond donors (Lipinski definition) is 2. The molecule has 0 heterocycles. The van der Waals surface area contributed by atoms with Gasteiger partial charge in [0.15, 0.2) is 5.96 Å². The Morgan fingerprint density at radius 3 is 2.44 bits per heavy atom. The maximum Gasteiger partial charge on any atom is 0.191 e. The van der Waals surface area contributed by atoms with Gasteiger partial charge in [0.25, 0.3) is 0 Å². The lowest BCUT2D eigenvalue weighted by Gasteiger charge is -2.11. The summed E-state index contributed by atoms with van der Waals surface area (Å²) >= 11 is 0. The Balaban J connectivity index is 0. The minimum atomic E-state index is 0. The van der Waals surface area contributed by atoms with E-state index in [4.69, 9.17) is 4.74 Å². The zero-order valence-corrected chi connectivity index (χ0v) is 14.6. The van der Waals surface area contributed by atoms with Crippen LogP contribution in [0.25, 0.3) is 0 Å². The molecule has 0 spiro atoms. The highest BCUT2D eigenvalue weighted by molar-refractivity contribution is 14.0. The summed E-state index contributed by atoms with van der Waals surface area (Å²) in [6, 6.07) is 0. The predicted octanol–water partition coefficient (Wildman–Crippen LogP) is 2.63. The largest absolute Gasteiger partial charge is 0.385 e. The Labute approximate surface area is 129 Å². The minimum absolute atomic E-state index is 0. The van der Waals surface area contributed by atoms with Crippen molar-refractivity contribution in [2.75, 3.05) is 33.4 Å². The van der Waals surface area contributed by atoms with Crippen LogP contribution in [0.2, 0.25) is 0 Å². The normalized spacial score (nSPS) is 11.3. The molecular weight excluding hydrogens is 341 g/mol. The Hall–Kier alpha value is -0.0400. The first kappa shape index (κ1) is 20.3. The minimum Gasteiger partial charge on any atom is -0.385 e. The molecule has 18 heavy (non-hydrogen) atoms. The summed E-state index contributed by atoms with van der Waals surface area (Å²) in [5, 5.41) is 6.61. The molecule has 0 fully saturated rings. The van der Waals surface area contributed by atoms with E-state index in [1.54, 1.807) is 7.11 Å². The van der Waals surface area contributed by atoms with E-state index in [0.717, 1.165) is 45.0 Å². The molecular formula is C13H30IN3O. The van der Waals surface area contributed by atoms with Crippen LogP contribution in [0, 0.1) is 5.92 Å². The standard InChI is InChI=1S/C13H29N3O.HI/c1-5-14-13(16-11-12(2)3)15-9-7-6-8-10-17-4;/h12H,5-11H2,1-4H3,(H2,14,15,16);1H. The number of hydrogen-bond acceptors (Lipinski definition) is 2. The van der Waals surface area contributed by atoms with E-state index in [2.05, 4.69) is 36.4 Å². The predicted molar refractivity (Wildman–Crippen MR) is 90.0 cm³/mol. The third kappa shape index (κ3) is 14.0. The lowest BCUT2D eigenvalue weighted by atomic mass is 10.2. The molecule has 0 aliphatic carbocycles. The zero-order valence-electron chi connectivity index (χ0n) is 12.3. The third-order valence-corrected chi connectivity index (χ3v) is 2.28. The van der Waals surface area contributed by atoms with E-state index in [1.807, 2.05) is 0 Å². The van der Waals surface area contributed by atoms with Crippen molar-refractivity contribution in [2.45, 2.75) is 40.0 Å². The molecule has 0 amide bonds. The van der Waals surface area contributed by atoms with Gasteiger partial charge >= 0.3 is 0 Å². The second-order valence-electron chi connectivity index (χ2n) is 4.59. The average Bonchev–Trinajstić information content (AvgIpc) is 2.30. The number of aliphatic imine (C=N–C) groups is 1. The van der Waals surface area contributed by atoms with Crippen molar-refractivity contribution in [1.82, 2.24) is 10.6 Å². The first-order valence-electron chi connectivity index (χ1n) is 6.71. The van der Waals surface area contributed by atoms with E-state index in [9.17, 15) is 0 Å². The summed E-state index contributed by atoms with van der Waals surface area (Å²) in [6.07, 6.45) is 3.50. The first-order chi connectivity index (χ1) is 8.20. The first-order valence-corrected chi connectivity index (χ1v) is 6.71. The molecule has 110 valence electrons. The molecule has 5 heteroatoms. The fourth-order valence-corrected chi connectivity index (χ4v) is 1.37. The van der Waals surface area contributed by atoms with Gasteiger partial charge in [-0.1, -0.05) is 13.8 Å². The number of ether oxygens (including phenoxy) is 1. The molecule has 0 aliphatic rings. The molecule has 0 saturated heterocycles. The van der Waals surface area contributed by atoms with Gasteiger partial charge in [-0.3, -0.25) is 4.99 Å². The van der Waals surface area contributed by atoms with Crippen molar-refractivity contribution in [3.05, 3.63) is 0 Å². The second kappa shape index (κ2) is 15.0. The van der Waals surface area contributed by atoms with Crippen molar-refractivity contribution in [3.63, 3.8) is 0 Å². The number of rotatable bonds is 9. The average molecular weight is 371 g/mol. The fourth-order valence-electron chi connectivity index (χ4n) is 1.37. The number of guanidine groups is 1. The second-order valence-corrected chi connectivity index (χ2v) is 4.59. The molecule has 4 nitrogen and oxygen atoms in total. The van der Waals surface area contributed by atoms with Gasteiger partial charge in [-0.2, -0.15) is 0 Å². The smallest absolute Gasteiger partial charge is 0.191 e. The van der Waals surface area contributed by atoms with Gasteiger partial charge in [0, 0.05) is 33.4 Å². The van der Waals surface area contributed by atoms with Crippen LogP contribution in [0.4, 0.5) is 0 Å². The summed E-state index contributed by atoms with van der Waals surface area (Å²) < 4.78 is 5.02. The number of nitrogens with zero attached hydrogens (tertiary/aromatic N) is 1. The number of methoxy groups -OCH3 is 1. The van der Waals surface area contributed by atoms with Crippen LogP contribution >= 0.6 is 24.0 Å². The van der Waals surface area contributed by atoms with E-state index in [-0.39, 0.29) is 24.0 Å². The Morgan fingerprint density at radius 2 is 1.89 bits per heavy atom. The summed E-state index contributed by atoms with van der Waals surface area (Å²) in [7, 11) is 1.75. The van der Waals surface area contributed by atoms with E-state index < -0.39 is 0 Å². The highest BCUT2D eigenvalue weighted by Crippen LogP contribution is 1.94. The molecule has 0 bridgehead atoms. The van der Waals surface area contributed by atoms with Crippen molar-refractivity contribution in [1.29, 1.82) is 0 Å². The Kier molecular flexibility index (Phi) is 16.9. The number of halogens is 1. The monoisotopic (exact) mass is 371 g/mol. The van der Waals surface area contributed by atoms with Crippen molar-refractivity contribution in [3.8, 4) is 0 Å². The van der Waals surface area contributed by atoms with Gasteiger partial charge in [0.2, 0.25) is 0 Å². The van der Waals surface area contributed by atoms with E-state index >= 15 is 0 Å². The van der Waals surface area contributed by atoms with E-state index in [0.29, 0.717) is 5.92 Å². The van der Waals surface area contributed by atoms with Crippen molar-refractivity contribution in [2.24, 2.45) is 10.9 Å². The maximum absolute atomic E-state index is 5.02. The van der Waals surface area contributed by atoms with Crippen LogP contribution in [-0.4, -0.2) is 39.3 Å². The lowest BCUT2D eigenvalue weighted by Crippen LogP contribution is -2.38. The maximum atomic E-state index is 5.02. The molecule has 0 aromatic carbocycles. The molecule has 0 aromatic heterocycles. The van der Waals surface area contributed by atoms with Crippen LogP contribution in [0.3, 0.4) is 0 Å². The number of nitrogens with one attached hydrogen (secondary N) is 2. The Bertz CT molecular complexity index is 199. The summed E-state index contributed by atoms with van der Waals surface area (Å²) in [6.45, 7) is 10.1. The van der Waals surface area contributed by atoms with Gasteiger partial charge in [-0.25, -0.2) is 0 Å². The van der Waals surface area contributed by atoms with Gasteiger partial charge in [0.1, 0.15) is 0 Å². The van der Waals surface area contributed by atoms with Crippen molar-refractivity contribution < 1.29 is 4.74 Å². The van der Waals surface area contributed by atoms with Gasteiger partial charge in [-0.05, 0) is 32.1 Å². The SMILES string of the molecule is CCNC(=NCC(C)C)NCCCCCOC.I. The molecule has 0 saturated carbocycles. The number of unbranched alkanes of at least 4 members (excludes halogenated alkanes) is 2. The van der Waals surface area contributed by atoms with Gasteiger partial charge < -0.3 is 15.4 Å². The molecule has 2 N–H and O–H groups in total. The van der Waals surface area contributed by atoms with Crippen LogP contribution in [0.15, 0.2) is 4.99 Å². The Morgan fingerprint density at radius 1 is 1.17 bits per heavy atom. The van der Waals surface area contributed by atoms with Crippen LogP contribution in [0.5, 0.6) is 0 Å². The molecule has 0 aliphatic heterocycles. The van der Waals surface area contributed by atoms with Gasteiger partial charge in [0.05, 0.1) is 0 Å². The molecule has 0 unspecified atom stereocenters. The van der Waals surface area contributed by atoms with E-state index in [1.165, 1.54) is 6.42 Å². The lowest BCUT2D eigenvalue weighted by molar-refractivity contribution is 0.192. The van der Waals surface area contributed by atoms with Crippen LogP contribution < -0.4 is 10.6 Å². The van der Waals surface area contributed by atoms with Gasteiger partial charge in [-0.15, -0.1) is 24.0 Å². The summed E-state index contributed by atoms with van der Waals surface area (Å²) in [5.74, 6) is 1.54. The van der Waals surface area contributed by atoms with Crippen molar-refractivity contribution >= 4 is 29.9 Å². The summed E-state index contributed by atoms with van der Waals surface area (Å²) in [5.41, 5.74) is 0. The summed E-state index contributed by atoms with van der Waals surface area (Å²) in [4.78, 5) is 4.52.